The third-order valence-corrected chi connectivity index (χ3v) is 4.42. The molecule has 1 amide bonds. The highest BCUT2D eigenvalue weighted by atomic mass is 16.5. The summed E-state index contributed by atoms with van der Waals surface area (Å²) in [6, 6.07) is 1.66. The molecule has 3 atom stereocenters. The van der Waals surface area contributed by atoms with Gasteiger partial charge >= 0.3 is 0 Å². The van der Waals surface area contributed by atoms with Crippen molar-refractivity contribution in [3.63, 3.8) is 0 Å². The topological polar surface area (TPSA) is 94.5 Å². The van der Waals surface area contributed by atoms with Crippen molar-refractivity contribution in [2.75, 3.05) is 13.1 Å². The second-order valence-corrected chi connectivity index (χ2v) is 6.26. The van der Waals surface area contributed by atoms with Gasteiger partial charge in [-0.3, -0.25) is 4.79 Å². The number of hydrogen-bond acceptors (Lipinski definition) is 7. The molecule has 122 valence electrons. The lowest BCUT2D eigenvalue weighted by Gasteiger charge is -2.17. The van der Waals surface area contributed by atoms with Crippen LogP contribution in [0.15, 0.2) is 15.1 Å². The number of aryl methyl sites for hydroxylation is 2. The molecular formula is C15H18N4O4. The summed E-state index contributed by atoms with van der Waals surface area (Å²) >= 11 is 0. The molecule has 0 aromatic carbocycles. The van der Waals surface area contributed by atoms with E-state index in [1.165, 1.54) is 0 Å². The molecule has 2 aliphatic heterocycles. The number of likely N-dealkylation sites (tertiary alicyclic amines) is 1. The lowest BCUT2D eigenvalue weighted by molar-refractivity contribution is 0.0328. The van der Waals surface area contributed by atoms with Crippen molar-refractivity contribution in [3.8, 4) is 0 Å². The number of rotatable bonds is 3. The van der Waals surface area contributed by atoms with Crippen molar-refractivity contribution in [3.05, 3.63) is 29.2 Å². The van der Waals surface area contributed by atoms with E-state index in [2.05, 4.69) is 15.3 Å². The number of ether oxygens (including phenoxy) is 1. The maximum atomic E-state index is 12.4. The van der Waals surface area contributed by atoms with Crippen LogP contribution in [0, 0.1) is 19.8 Å². The second-order valence-electron chi connectivity index (χ2n) is 6.26. The molecule has 0 aliphatic carbocycles. The summed E-state index contributed by atoms with van der Waals surface area (Å²) in [5, 5.41) is 7.58. The van der Waals surface area contributed by atoms with Gasteiger partial charge in [-0.15, -0.1) is 0 Å². The first kappa shape index (κ1) is 14.4. The Hall–Kier alpha value is -2.22. The van der Waals surface area contributed by atoms with Crippen LogP contribution in [0.5, 0.6) is 0 Å². The molecule has 4 heterocycles. The first-order valence-corrected chi connectivity index (χ1v) is 7.75. The highest BCUT2D eigenvalue weighted by Gasteiger charge is 2.44. The van der Waals surface area contributed by atoms with Gasteiger partial charge in [0.15, 0.2) is 11.5 Å². The molecule has 0 N–H and O–H groups in total. The smallest absolute Gasteiger partial charge is 0.276 e. The van der Waals surface area contributed by atoms with E-state index in [1.54, 1.807) is 24.8 Å². The number of hydrogen-bond donors (Lipinski definition) is 0. The van der Waals surface area contributed by atoms with Gasteiger partial charge in [0.1, 0.15) is 5.76 Å². The van der Waals surface area contributed by atoms with Gasteiger partial charge in [-0.1, -0.05) is 10.3 Å². The number of nitrogens with zero attached hydrogens (tertiary/aromatic N) is 4. The molecule has 0 spiro atoms. The molecule has 2 aromatic rings. The van der Waals surface area contributed by atoms with Crippen LogP contribution in [0.2, 0.25) is 0 Å². The van der Waals surface area contributed by atoms with E-state index in [4.69, 9.17) is 13.8 Å². The van der Waals surface area contributed by atoms with E-state index in [1.807, 2.05) is 0 Å². The second kappa shape index (κ2) is 5.45. The van der Waals surface area contributed by atoms with E-state index in [9.17, 15) is 4.79 Å². The quantitative estimate of drug-likeness (QED) is 0.837. The van der Waals surface area contributed by atoms with Gasteiger partial charge in [0, 0.05) is 25.1 Å². The van der Waals surface area contributed by atoms with E-state index in [0.717, 1.165) is 6.42 Å². The Morgan fingerprint density at radius 3 is 2.83 bits per heavy atom. The molecule has 2 aliphatic rings. The van der Waals surface area contributed by atoms with Crippen molar-refractivity contribution >= 4 is 5.91 Å². The molecule has 0 saturated carbocycles. The van der Waals surface area contributed by atoms with Crippen LogP contribution in [-0.2, 0) is 11.2 Å². The molecule has 0 unspecified atom stereocenters. The Bertz CT molecular complexity index is 711. The fourth-order valence-corrected chi connectivity index (χ4v) is 3.41. The summed E-state index contributed by atoms with van der Waals surface area (Å²) in [6.45, 7) is 4.85. The van der Waals surface area contributed by atoms with E-state index >= 15 is 0 Å². The van der Waals surface area contributed by atoms with Crippen LogP contribution >= 0.6 is 0 Å². The van der Waals surface area contributed by atoms with E-state index in [-0.39, 0.29) is 18.1 Å². The van der Waals surface area contributed by atoms with Crippen LogP contribution in [0.25, 0.3) is 0 Å². The summed E-state index contributed by atoms with van der Waals surface area (Å²) in [6.07, 6.45) is 1.68. The third-order valence-electron chi connectivity index (χ3n) is 4.42. The molecule has 8 heteroatoms. The average Bonchev–Trinajstić information content (AvgIpc) is 3.23. The van der Waals surface area contributed by atoms with Gasteiger partial charge in [-0.2, -0.15) is 4.98 Å². The lowest BCUT2D eigenvalue weighted by Crippen LogP contribution is -2.31. The molecule has 2 fully saturated rings. The van der Waals surface area contributed by atoms with Crippen LogP contribution in [0.3, 0.4) is 0 Å². The summed E-state index contributed by atoms with van der Waals surface area (Å²) < 4.78 is 16.2. The Kier molecular flexibility index (Phi) is 3.41. The zero-order valence-corrected chi connectivity index (χ0v) is 13.1. The minimum absolute atomic E-state index is 0.0703. The predicted octanol–water partition coefficient (Wildman–Crippen LogP) is 1.15. The Labute approximate surface area is 132 Å². The van der Waals surface area contributed by atoms with Crippen molar-refractivity contribution in [1.82, 2.24) is 20.2 Å². The Morgan fingerprint density at radius 2 is 2.17 bits per heavy atom. The van der Waals surface area contributed by atoms with Crippen molar-refractivity contribution < 1.29 is 18.6 Å². The van der Waals surface area contributed by atoms with E-state index in [0.29, 0.717) is 48.6 Å². The number of aromatic nitrogens is 3. The highest BCUT2D eigenvalue weighted by Crippen LogP contribution is 2.34. The number of fused-ring (bicyclic) bond motifs is 1. The fourth-order valence-electron chi connectivity index (χ4n) is 3.41. The maximum Gasteiger partial charge on any atom is 0.276 e. The molecule has 0 bridgehead atoms. The minimum atomic E-state index is -0.0936. The summed E-state index contributed by atoms with van der Waals surface area (Å²) in [7, 11) is 0. The molecule has 2 saturated heterocycles. The Balaban J connectivity index is 1.35. The van der Waals surface area contributed by atoms with Crippen LogP contribution < -0.4 is 0 Å². The summed E-state index contributed by atoms with van der Waals surface area (Å²) in [5.41, 5.74) is 0.361. The first-order valence-electron chi connectivity index (χ1n) is 7.75. The van der Waals surface area contributed by atoms with E-state index < -0.39 is 0 Å². The van der Waals surface area contributed by atoms with Crippen LogP contribution in [0.4, 0.5) is 0 Å². The van der Waals surface area contributed by atoms with Gasteiger partial charge in [0.05, 0.1) is 18.6 Å². The maximum absolute atomic E-state index is 12.4. The molecule has 4 rings (SSSR count). The highest BCUT2D eigenvalue weighted by molar-refractivity contribution is 5.92. The monoisotopic (exact) mass is 318 g/mol. The van der Waals surface area contributed by atoms with Gasteiger partial charge in [0.25, 0.3) is 5.91 Å². The lowest BCUT2D eigenvalue weighted by atomic mass is 10.0. The largest absolute Gasteiger partial charge is 0.372 e. The SMILES string of the molecule is Cc1noc(C[C@H]2C[C@H]3CN(C(=O)c4cc(C)on4)C[C@H]3O2)n1. The third kappa shape index (κ3) is 2.74. The molecule has 0 radical (unpaired) electrons. The van der Waals surface area contributed by atoms with Crippen molar-refractivity contribution in [2.24, 2.45) is 5.92 Å². The van der Waals surface area contributed by atoms with Crippen molar-refractivity contribution in [1.29, 1.82) is 0 Å². The summed E-state index contributed by atoms with van der Waals surface area (Å²) in [4.78, 5) is 18.4. The van der Waals surface area contributed by atoms with Crippen LogP contribution in [0.1, 0.15) is 34.4 Å². The fraction of sp³-hybridized carbons (Fsp3) is 0.600. The zero-order chi connectivity index (χ0) is 16.0. The number of carbonyl (C=O) groups excluding carboxylic acids is 1. The normalized spacial score (nSPS) is 26.7. The molecule has 23 heavy (non-hydrogen) atoms. The van der Waals surface area contributed by atoms with Gasteiger partial charge in [-0.05, 0) is 20.3 Å². The first-order chi connectivity index (χ1) is 11.1. The Morgan fingerprint density at radius 1 is 1.30 bits per heavy atom. The standard InChI is InChI=1S/C15H18N4O4/c1-8-3-12(18-22-8)15(20)19-6-10-4-11(21-13(10)7-19)5-14-16-9(2)17-23-14/h3,10-11,13H,4-7H2,1-2H3/t10-,11+,13+/m0/s1. The predicted molar refractivity (Wildman–Crippen MR) is 76.7 cm³/mol. The minimum Gasteiger partial charge on any atom is -0.372 e. The molecular weight excluding hydrogens is 300 g/mol. The molecule has 8 nitrogen and oxygen atoms in total. The summed E-state index contributed by atoms with van der Waals surface area (Å²) in [5.74, 6) is 2.14. The van der Waals surface area contributed by atoms with Gasteiger partial charge in [-0.25, -0.2) is 0 Å². The zero-order valence-electron chi connectivity index (χ0n) is 13.1. The number of amides is 1. The van der Waals surface area contributed by atoms with Crippen LogP contribution in [-0.4, -0.2) is 51.4 Å². The number of carbonyl (C=O) groups is 1. The van der Waals surface area contributed by atoms with Gasteiger partial charge in [0.2, 0.25) is 5.89 Å². The van der Waals surface area contributed by atoms with Crippen molar-refractivity contribution in [2.45, 2.75) is 38.9 Å². The average molecular weight is 318 g/mol. The molecule has 2 aromatic heterocycles. The van der Waals surface area contributed by atoms with Gasteiger partial charge < -0.3 is 18.7 Å².